The zero-order valence-corrected chi connectivity index (χ0v) is 16.9. The summed E-state index contributed by atoms with van der Waals surface area (Å²) in [6.45, 7) is 5.21. The Balaban J connectivity index is 1.59. The maximum Gasteiger partial charge on any atom is 0.310 e. The second-order valence-electron chi connectivity index (χ2n) is 6.76. The molecule has 1 saturated heterocycles. The highest BCUT2D eigenvalue weighted by atomic mass is 32.2. The van der Waals surface area contributed by atoms with Gasteiger partial charge in [0.2, 0.25) is 11.1 Å². The van der Waals surface area contributed by atoms with Crippen LogP contribution in [0.3, 0.4) is 0 Å². The van der Waals surface area contributed by atoms with E-state index in [1.165, 1.54) is 16.4 Å². The van der Waals surface area contributed by atoms with E-state index < -0.39 is 0 Å². The molecule has 150 valence electrons. The summed E-state index contributed by atoms with van der Waals surface area (Å²) in [6.07, 6.45) is 1.55. The van der Waals surface area contributed by atoms with E-state index in [1.807, 2.05) is 31.2 Å². The topological polar surface area (TPSA) is 103 Å². The van der Waals surface area contributed by atoms with Gasteiger partial charge in [-0.15, -0.1) is 10.2 Å². The van der Waals surface area contributed by atoms with Crippen molar-refractivity contribution >= 4 is 23.6 Å². The van der Waals surface area contributed by atoms with Crippen molar-refractivity contribution in [2.75, 3.05) is 31.3 Å². The first-order valence-corrected chi connectivity index (χ1v) is 10.3. The Morgan fingerprint density at radius 2 is 2.04 bits per heavy atom. The van der Waals surface area contributed by atoms with Crippen LogP contribution in [0.4, 0.5) is 0 Å². The standard InChI is InChI=1S/C19H25N5O3S/c1-3-27-18(26)15-5-4-10-23(11-15)16(25)12-28-19-22-21-17(24(19)20)14-8-6-13(2)7-9-14/h6-9,15H,3-5,10-12,20H2,1-2H3. The van der Waals surface area contributed by atoms with Gasteiger partial charge in [0.1, 0.15) is 0 Å². The fraction of sp³-hybridized carbons (Fsp3) is 0.474. The van der Waals surface area contributed by atoms with Crippen LogP contribution in [-0.4, -0.2) is 57.1 Å². The number of ether oxygens (including phenoxy) is 1. The first kappa shape index (κ1) is 20.2. The van der Waals surface area contributed by atoms with Crippen LogP contribution in [0.15, 0.2) is 29.4 Å². The molecule has 0 bridgehead atoms. The number of rotatable bonds is 6. The van der Waals surface area contributed by atoms with Crippen molar-refractivity contribution in [3.05, 3.63) is 29.8 Å². The second-order valence-corrected chi connectivity index (χ2v) is 7.70. The lowest BCUT2D eigenvalue weighted by atomic mass is 9.98. The van der Waals surface area contributed by atoms with Crippen molar-refractivity contribution < 1.29 is 14.3 Å². The number of nitrogens with zero attached hydrogens (tertiary/aromatic N) is 4. The molecular formula is C19H25N5O3S. The lowest BCUT2D eigenvalue weighted by Gasteiger charge is -2.31. The Morgan fingerprint density at radius 1 is 1.29 bits per heavy atom. The molecule has 2 heterocycles. The number of aryl methyl sites for hydroxylation is 1. The highest BCUT2D eigenvalue weighted by Crippen LogP contribution is 2.23. The number of carbonyl (C=O) groups excluding carboxylic acids is 2. The van der Waals surface area contributed by atoms with E-state index in [0.717, 1.165) is 24.0 Å². The van der Waals surface area contributed by atoms with Gasteiger partial charge >= 0.3 is 5.97 Å². The number of likely N-dealkylation sites (tertiary alicyclic amines) is 1. The third-order valence-electron chi connectivity index (χ3n) is 4.69. The average Bonchev–Trinajstić information content (AvgIpc) is 3.07. The van der Waals surface area contributed by atoms with E-state index in [0.29, 0.717) is 30.7 Å². The maximum atomic E-state index is 12.6. The molecule has 0 saturated carbocycles. The van der Waals surface area contributed by atoms with Crippen LogP contribution in [-0.2, 0) is 14.3 Å². The van der Waals surface area contributed by atoms with Crippen LogP contribution in [0.25, 0.3) is 11.4 Å². The first-order valence-electron chi connectivity index (χ1n) is 9.34. The van der Waals surface area contributed by atoms with Crippen molar-refractivity contribution in [1.29, 1.82) is 0 Å². The van der Waals surface area contributed by atoms with Gasteiger partial charge in [0.15, 0.2) is 5.82 Å². The van der Waals surface area contributed by atoms with E-state index in [1.54, 1.807) is 11.8 Å². The molecule has 1 aliphatic heterocycles. The van der Waals surface area contributed by atoms with Crippen molar-refractivity contribution in [2.45, 2.75) is 31.8 Å². The lowest BCUT2D eigenvalue weighted by molar-refractivity contribution is -0.151. The molecule has 28 heavy (non-hydrogen) atoms. The summed E-state index contributed by atoms with van der Waals surface area (Å²) in [7, 11) is 0. The Kier molecular flexibility index (Phi) is 6.56. The van der Waals surface area contributed by atoms with E-state index >= 15 is 0 Å². The first-order chi connectivity index (χ1) is 13.5. The zero-order valence-electron chi connectivity index (χ0n) is 16.1. The molecule has 8 nitrogen and oxygen atoms in total. The van der Waals surface area contributed by atoms with Gasteiger partial charge in [-0.1, -0.05) is 41.6 Å². The smallest absolute Gasteiger partial charge is 0.310 e. The van der Waals surface area contributed by atoms with E-state index in [9.17, 15) is 9.59 Å². The normalized spacial score (nSPS) is 16.8. The number of aromatic nitrogens is 3. The fourth-order valence-electron chi connectivity index (χ4n) is 3.15. The zero-order chi connectivity index (χ0) is 20.1. The minimum Gasteiger partial charge on any atom is -0.466 e. The van der Waals surface area contributed by atoms with Gasteiger partial charge < -0.3 is 15.5 Å². The molecule has 1 aliphatic rings. The summed E-state index contributed by atoms with van der Waals surface area (Å²) in [5.41, 5.74) is 2.02. The number of piperidine rings is 1. The Morgan fingerprint density at radius 3 is 2.75 bits per heavy atom. The summed E-state index contributed by atoms with van der Waals surface area (Å²) in [5.74, 6) is 6.35. The maximum absolute atomic E-state index is 12.6. The molecule has 0 aliphatic carbocycles. The van der Waals surface area contributed by atoms with E-state index in [-0.39, 0.29) is 23.5 Å². The van der Waals surface area contributed by atoms with Crippen LogP contribution >= 0.6 is 11.8 Å². The summed E-state index contributed by atoms with van der Waals surface area (Å²) in [5, 5.41) is 8.72. The van der Waals surface area contributed by atoms with E-state index in [2.05, 4.69) is 10.2 Å². The Bertz CT molecular complexity index is 837. The van der Waals surface area contributed by atoms with Crippen LogP contribution in [0, 0.1) is 12.8 Å². The van der Waals surface area contributed by atoms with Gasteiger partial charge in [0, 0.05) is 18.7 Å². The monoisotopic (exact) mass is 403 g/mol. The van der Waals surface area contributed by atoms with Gasteiger partial charge in [-0.2, -0.15) is 0 Å². The second kappa shape index (κ2) is 9.09. The molecule has 0 spiro atoms. The number of esters is 1. The number of benzene rings is 1. The third kappa shape index (κ3) is 4.64. The average molecular weight is 404 g/mol. The molecule has 1 aromatic carbocycles. The summed E-state index contributed by atoms with van der Waals surface area (Å²) >= 11 is 1.24. The predicted octanol–water partition coefficient (Wildman–Crippen LogP) is 1.86. The summed E-state index contributed by atoms with van der Waals surface area (Å²) in [4.78, 5) is 26.2. The quantitative estimate of drug-likeness (QED) is 0.446. The molecule has 2 N–H and O–H groups in total. The van der Waals surface area contributed by atoms with Crippen LogP contribution in [0.5, 0.6) is 0 Å². The van der Waals surface area contributed by atoms with Crippen molar-refractivity contribution in [1.82, 2.24) is 19.8 Å². The molecule has 0 radical (unpaired) electrons. The molecule has 1 unspecified atom stereocenters. The minimum absolute atomic E-state index is 0.0427. The minimum atomic E-state index is -0.242. The van der Waals surface area contributed by atoms with Gasteiger partial charge in [-0.3, -0.25) is 9.59 Å². The molecule has 1 atom stereocenters. The molecule has 1 fully saturated rings. The van der Waals surface area contributed by atoms with Crippen LogP contribution in [0.2, 0.25) is 0 Å². The van der Waals surface area contributed by atoms with Crippen molar-refractivity contribution in [3.63, 3.8) is 0 Å². The number of nitrogens with two attached hydrogens (primary N) is 1. The van der Waals surface area contributed by atoms with Crippen LogP contribution in [0.1, 0.15) is 25.3 Å². The highest BCUT2D eigenvalue weighted by molar-refractivity contribution is 7.99. The number of hydrogen-bond donors (Lipinski definition) is 1. The highest BCUT2D eigenvalue weighted by Gasteiger charge is 2.29. The molecule has 9 heteroatoms. The molecule has 2 aromatic rings. The van der Waals surface area contributed by atoms with Gasteiger partial charge in [-0.05, 0) is 26.7 Å². The molecule has 3 rings (SSSR count). The number of thioether (sulfide) groups is 1. The van der Waals surface area contributed by atoms with E-state index in [4.69, 9.17) is 10.6 Å². The predicted molar refractivity (Wildman–Crippen MR) is 107 cm³/mol. The van der Waals surface area contributed by atoms with Crippen molar-refractivity contribution in [2.24, 2.45) is 5.92 Å². The Labute approximate surface area is 168 Å². The lowest BCUT2D eigenvalue weighted by Crippen LogP contribution is -2.43. The molecule has 1 amide bonds. The van der Waals surface area contributed by atoms with Gasteiger partial charge in [0.25, 0.3) is 0 Å². The van der Waals surface area contributed by atoms with Crippen LogP contribution < -0.4 is 5.84 Å². The van der Waals surface area contributed by atoms with Gasteiger partial charge in [-0.25, -0.2) is 4.68 Å². The Hall–Kier alpha value is -2.55. The number of nitrogen functional groups attached to an aromatic ring is 1. The largest absolute Gasteiger partial charge is 0.466 e. The van der Waals surface area contributed by atoms with Gasteiger partial charge in [0.05, 0.1) is 18.3 Å². The number of amides is 1. The molecule has 1 aromatic heterocycles. The third-order valence-corrected chi connectivity index (χ3v) is 5.62. The fourth-order valence-corrected chi connectivity index (χ4v) is 3.91. The SMILES string of the molecule is CCOC(=O)C1CCCN(C(=O)CSc2nnc(-c3ccc(C)cc3)n2N)C1. The summed E-state index contributed by atoms with van der Waals surface area (Å²) in [6, 6.07) is 7.84. The van der Waals surface area contributed by atoms with Crippen molar-refractivity contribution in [3.8, 4) is 11.4 Å². The summed E-state index contributed by atoms with van der Waals surface area (Å²) < 4.78 is 6.49. The number of hydrogen-bond acceptors (Lipinski definition) is 7. The molecular weight excluding hydrogens is 378 g/mol. The number of carbonyl (C=O) groups is 2.